The zero-order chi connectivity index (χ0) is 17.6. The Morgan fingerprint density at radius 3 is 2.48 bits per heavy atom. The number of nitrogens with zero attached hydrogens (tertiary/aromatic N) is 2. The molecule has 0 saturated carbocycles. The Balaban J connectivity index is 1.70. The van der Waals surface area contributed by atoms with Crippen molar-refractivity contribution in [2.24, 2.45) is 0 Å². The summed E-state index contributed by atoms with van der Waals surface area (Å²) in [4.78, 5) is 21.7. The van der Waals surface area contributed by atoms with Crippen LogP contribution in [-0.2, 0) is 0 Å². The van der Waals surface area contributed by atoms with Crippen LogP contribution in [0, 0.1) is 13.8 Å². The van der Waals surface area contributed by atoms with Crippen LogP contribution in [-0.4, -0.2) is 22.1 Å². The van der Waals surface area contributed by atoms with Crippen LogP contribution in [0.15, 0.2) is 34.7 Å². The van der Waals surface area contributed by atoms with Crippen molar-refractivity contribution in [1.29, 1.82) is 0 Å². The Bertz CT molecular complexity index is 1110. The van der Waals surface area contributed by atoms with E-state index in [-0.39, 0.29) is 5.91 Å². The van der Waals surface area contributed by atoms with Crippen molar-refractivity contribution in [2.45, 2.75) is 18.2 Å². The summed E-state index contributed by atoms with van der Waals surface area (Å²) in [6.07, 6.45) is 2.02. The first-order valence-corrected chi connectivity index (χ1v) is 10.5. The minimum Gasteiger partial charge on any atom is -0.298 e. The largest absolute Gasteiger partial charge is 0.298 e. The van der Waals surface area contributed by atoms with Gasteiger partial charge in [0.25, 0.3) is 5.91 Å². The number of fused-ring (bicyclic) bond motifs is 3. The molecule has 2 heterocycles. The van der Waals surface area contributed by atoms with Gasteiger partial charge < -0.3 is 0 Å². The van der Waals surface area contributed by atoms with Crippen molar-refractivity contribution < 1.29 is 4.79 Å². The molecule has 4 nitrogen and oxygen atoms in total. The number of amides is 1. The summed E-state index contributed by atoms with van der Waals surface area (Å²) in [5, 5.41) is 3.56. The van der Waals surface area contributed by atoms with E-state index < -0.39 is 0 Å². The molecule has 0 fully saturated rings. The summed E-state index contributed by atoms with van der Waals surface area (Å²) < 4.78 is 3.24. The average Bonchev–Trinajstić information content (AvgIpc) is 3.16. The van der Waals surface area contributed by atoms with Gasteiger partial charge in [0.05, 0.1) is 20.4 Å². The Labute approximate surface area is 157 Å². The molecule has 1 amide bonds. The highest BCUT2D eigenvalue weighted by atomic mass is 32.2. The van der Waals surface area contributed by atoms with Gasteiger partial charge in [0.2, 0.25) is 0 Å². The molecule has 126 valence electrons. The molecule has 2 aromatic heterocycles. The lowest BCUT2D eigenvalue weighted by Crippen LogP contribution is -2.13. The maximum atomic E-state index is 12.6. The third kappa shape index (κ3) is 3.03. The molecule has 1 N–H and O–H groups in total. The molecule has 4 rings (SSSR count). The topological polar surface area (TPSA) is 54.9 Å². The number of aryl methyl sites for hydroxylation is 2. The third-order valence-electron chi connectivity index (χ3n) is 3.91. The van der Waals surface area contributed by atoms with E-state index in [0.29, 0.717) is 10.7 Å². The Kier molecular flexibility index (Phi) is 4.23. The molecular weight excluding hydrogens is 370 g/mol. The minimum absolute atomic E-state index is 0.123. The minimum atomic E-state index is -0.123. The SMILES string of the molecule is CSc1nc2ccc3nc(NC(=O)c4ccc(C)cc4C)sc3c2s1. The highest BCUT2D eigenvalue weighted by Gasteiger charge is 2.15. The second-order valence-electron chi connectivity index (χ2n) is 5.74. The van der Waals surface area contributed by atoms with Crippen LogP contribution in [0.25, 0.3) is 20.4 Å². The van der Waals surface area contributed by atoms with Gasteiger partial charge in [0, 0.05) is 5.56 Å². The number of nitrogens with one attached hydrogen (secondary N) is 1. The third-order valence-corrected chi connectivity index (χ3v) is 7.12. The number of hydrogen-bond acceptors (Lipinski definition) is 6. The fraction of sp³-hybridized carbons (Fsp3) is 0.167. The van der Waals surface area contributed by atoms with Gasteiger partial charge in [-0.15, -0.1) is 11.3 Å². The fourth-order valence-corrected chi connectivity index (χ4v) is 5.38. The van der Waals surface area contributed by atoms with Crippen molar-refractivity contribution >= 4 is 65.9 Å². The van der Waals surface area contributed by atoms with Crippen molar-refractivity contribution in [3.63, 3.8) is 0 Å². The van der Waals surface area contributed by atoms with Crippen molar-refractivity contribution in [3.8, 4) is 0 Å². The zero-order valence-corrected chi connectivity index (χ0v) is 16.4. The number of anilines is 1. The highest BCUT2D eigenvalue weighted by molar-refractivity contribution is 8.00. The molecule has 0 aliphatic rings. The van der Waals surface area contributed by atoms with Gasteiger partial charge in [0.15, 0.2) is 9.47 Å². The van der Waals surface area contributed by atoms with Gasteiger partial charge in [-0.1, -0.05) is 40.8 Å². The molecule has 25 heavy (non-hydrogen) atoms. The average molecular weight is 386 g/mol. The number of thioether (sulfide) groups is 1. The van der Waals surface area contributed by atoms with E-state index in [0.717, 1.165) is 35.9 Å². The van der Waals surface area contributed by atoms with E-state index in [1.807, 2.05) is 50.4 Å². The smallest absolute Gasteiger partial charge is 0.257 e. The first kappa shape index (κ1) is 16.5. The zero-order valence-electron chi connectivity index (χ0n) is 13.9. The van der Waals surface area contributed by atoms with Gasteiger partial charge in [0.1, 0.15) is 0 Å². The molecule has 4 aromatic rings. The number of carbonyl (C=O) groups is 1. The molecule has 0 unspecified atom stereocenters. The van der Waals surface area contributed by atoms with Crippen LogP contribution in [0.2, 0.25) is 0 Å². The second kappa shape index (κ2) is 6.40. The number of thiazole rings is 2. The lowest BCUT2D eigenvalue weighted by Gasteiger charge is -2.06. The molecule has 0 saturated heterocycles. The maximum Gasteiger partial charge on any atom is 0.257 e. The van der Waals surface area contributed by atoms with E-state index in [1.54, 1.807) is 23.1 Å². The second-order valence-corrected chi connectivity index (χ2v) is 8.79. The first-order chi connectivity index (χ1) is 12.0. The summed E-state index contributed by atoms with van der Waals surface area (Å²) in [6, 6.07) is 9.77. The lowest BCUT2D eigenvalue weighted by molar-refractivity contribution is 0.102. The highest BCUT2D eigenvalue weighted by Crippen LogP contribution is 2.38. The number of hydrogen-bond donors (Lipinski definition) is 1. The van der Waals surface area contributed by atoms with Gasteiger partial charge in [-0.25, -0.2) is 9.97 Å². The summed E-state index contributed by atoms with van der Waals surface area (Å²) >= 11 is 4.81. The van der Waals surface area contributed by atoms with Crippen molar-refractivity contribution in [3.05, 3.63) is 47.0 Å². The van der Waals surface area contributed by atoms with Crippen LogP contribution in [0.5, 0.6) is 0 Å². The monoisotopic (exact) mass is 385 g/mol. The van der Waals surface area contributed by atoms with Crippen LogP contribution in [0.3, 0.4) is 0 Å². The Morgan fingerprint density at radius 1 is 1.04 bits per heavy atom. The quantitative estimate of drug-likeness (QED) is 0.473. The summed E-state index contributed by atoms with van der Waals surface area (Å²) in [5.41, 5.74) is 4.67. The molecule has 0 radical (unpaired) electrons. The van der Waals surface area contributed by atoms with Crippen molar-refractivity contribution in [2.75, 3.05) is 11.6 Å². The van der Waals surface area contributed by atoms with Gasteiger partial charge in [-0.05, 0) is 43.9 Å². The summed E-state index contributed by atoms with van der Waals surface area (Å²) in [6.45, 7) is 3.97. The van der Waals surface area contributed by atoms with Gasteiger partial charge in [-0.2, -0.15) is 0 Å². The lowest BCUT2D eigenvalue weighted by atomic mass is 10.1. The van der Waals surface area contributed by atoms with E-state index in [9.17, 15) is 4.79 Å². The van der Waals surface area contributed by atoms with E-state index in [2.05, 4.69) is 15.3 Å². The van der Waals surface area contributed by atoms with E-state index in [4.69, 9.17) is 0 Å². The van der Waals surface area contributed by atoms with Crippen molar-refractivity contribution in [1.82, 2.24) is 9.97 Å². The predicted octanol–water partition coefficient (Wildman–Crippen LogP) is 5.50. The fourth-order valence-electron chi connectivity index (χ4n) is 2.73. The Morgan fingerprint density at radius 2 is 1.76 bits per heavy atom. The molecule has 0 aliphatic carbocycles. The molecule has 2 aromatic carbocycles. The number of benzene rings is 2. The molecular formula is C18H15N3OS3. The normalized spacial score (nSPS) is 11.3. The van der Waals surface area contributed by atoms with Crippen LogP contribution in [0.4, 0.5) is 5.13 Å². The standard InChI is InChI=1S/C18H15N3OS3/c1-9-4-5-11(10(2)8-9)16(22)21-17-19-12-6-7-13-15(14(12)24-17)25-18(20-13)23-3/h4-8H,1-3H3,(H,19,21,22). The maximum absolute atomic E-state index is 12.6. The van der Waals surface area contributed by atoms with Crippen LogP contribution >= 0.6 is 34.4 Å². The van der Waals surface area contributed by atoms with Gasteiger partial charge >= 0.3 is 0 Å². The molecule has 0 bridgehead atoms. The molecule has 7 heteroatoms. The Hall–Kier alpha value is -1.96. The van der Waals surface area contributed by atoms with Gasteiger partial charge in [-0.3, -0.25) is 10.1 Å². The number of carbonyl (C=O) groups excluding carboxylic acids is 1. The predicted molar refractivity (Wildman–Crippen MR) is 108 cm³/mol. The van der Waals surface area contributed by atoms with Crippen LogP contribution in [0.1, 0.15) is 21.5 Å². The summed E-state index contributed by atoms with van der Waals surface area (Å²) in [7, 11) is 0. The number of rotatable bonds is 3. The van der Waals surface area contributed by atoms with Crippen LogP contribution < -0.4 is 5.32 Å². The molecule has 0 atom stereocenters. The molecule has 0 spiro atoms. The first-order valence-electron chi connectivity index (χ1n) is 7.68. The molecule has 0 aliphatic heterocycles. The number of aromatic nitrogens is 2. The summed E-state index contributed by atoms with van der Waals surface area (Å²) in [5.74, 6) is -0.123. The van der Waals surface area contributed by atoms with E-state index in [1.165, 1.54) is 11.3 Å². The van der Waals surface area contributed by atoms with E-state index >= 15 is 0 Å².